The van der Waals surface area contributed by atoms with Crippen molar-refractivity contribution >= 4 is 0 Å². The number of hydrogen-bond acceptors (Lipinski definition) is 3. The maximum Gasteiger partial charge on any atom is 0.332 e. The summed E-state index contributed by atoms with van der Waals surface area (Å²) in [6, 6.07) is 7.08. The van der Waals surface area contributed by atoms with Crippen molar-refractivity contribution < 1.29 is 5.11 Å². The SMILES string of the molecule is C#CCn1c(O)c(-c2ccccc2C)c(=O)[nH]c1=O. The van der Waals surface area contributed by atoms with Gasteiger partial charge < -0.3 is 5.11 Å². The van der Waals surface area contributed by atoms with Crippen LogP contribution >= 0.6 is 0 Å². The molecular formula is C14H12N2O3. The largest absolute Gasteiger partial charge is 0.494 e. The topological polar surface area (TPSA) is 75.1 Å². The Labute approximate surface area is 109 Å². The molecule has 2 aromatic rings. The third-order valence-corrected chi connectivity index (χ3v) is 2.84. The van der Waals surface area contributed by atoms with Gasteiger partial charge in [0, 0.05) is 0 Å². The zero-order valence-electron chi connectivity index (χ0n) is 10.3. The van der Waals surface area contributed by atoms with E-state index in [4.69, 9.17) is 6.42 Å². The van der Waals surface area contributed by atoms with Crippen molar-refractivity contribution in [1.29, 1.82) is 0 Å². The highest BCUT2D eigenvalue weighted by Crippen LogP contribution is 2.26. The van der Waals surface area contributed by atoms with Crippen LogP contribution in [0.1, 0.15) is 5.56 Å². The summed E-state index contributed by atoms with van der Waals surface area (Å²) in [6.07, 6.45) is 5.14. The van der Waals surface area contributed by atoms with E-state index in [0.29, 0.717) is 5.56 Å². The number of aromatic amines is 1. The van der Waals surface area contributed by atoms with Crippen LogP contribution < -0.4 is 11.2 Å². The van der Waals surface area contributed by atoms with Gasteiger partial charge in [0.15, 0.2) is 0 Å². The molecule has 1 aromatic carbocycles. The molecule has 1 heterocycles. The van der Waals surface area contributed by atoms with Crippen LogP contribution in [0.25, 0.3) is 11.1 Å². The molecule has 0 radical (unpaired) electrons. The van der Waals surface area contributed by atoms with Crippen LogP contribution in [0.5, 0.6) is 5.88 Å². The van der Waals surface area contributed by atoms with Crippen LogP contribution in [0, 0.1) is 19.3 Å². The van der Waals surface area contributed by atoms with Gasteiger partial charge in [-0.25, -0.2) is 4.79 Å². The molecule has 0 fully saturated rings. The molecule has 0 bridgehead atoms. The minimum absolute atomic E-state index is 0.0490. The fraction of sp³-hybridized carbons (Fsp3) is 0.143. The molecule has 0 amide bonds. The summed E-state index contributed by atoms with van der Waals surface area (Å²) >= 11 is 0. The van der Waals surface area contributed by atoms with Gasteiger partial charge in [-0.1, -0.05) is 30.2 Å². The van der Waals surface area contributed by atoms with Crippen molar-refractivity contribution in [3.8, 4) is 29.4 Å². The lowest BCUT2D eigenvalue weighted by Crippen LogP contribution is -2.30. The number of nitrogens with zero attached hydrogens (tertiary/aromatic N) is 1. The number of rotatable bonds is 2. The van der Waals surface area contributed by atoms with Crippen LogP contribution in [-0.4, -0.2) is 14.7 Å². The summed E-state index contributed by atoms with van der Waals surface area (Å²) < 4.78 is 0.948. The number of hydrogen-bond donors (Lipinski definition) is 2. The summed E-state index contributed by atoms with van der Waals surface area (Å²) in [5.74, 6) is 1.84. The molecular weight excluding hydrogens is 244 g/mol. The number of aromatic hydroxyl groups is 1. The van der Waals surface area contributed by atoms with Crippen LogP contribution in [0.2, 0.25) is 0 Å². The third-order valence-electron chi connectivity index (χ3n) is 2.84. The third kappa shape index (κ3) is 2.16. The van der Waals surface area contributed by atoms with Gasteiger partial charge >= 0.3 is 5.69 Å². The van der Waals surface area contributed by atoms with Crippen molar-refractivity contribution in [3.63, 3.8) is 0 Å². The van der Waals surface area contributed by atoms with E-state index in [1.165, 1.54) is 0 Å². The van der Waals surface area contributed by atoms with E-state index in [9.17, 15) is 14.7 Å². The smallest absolute Gasteiger partial charge is 0.332 e. The lowest BCUT2D eigenvalue weighted by atomic mass is 10.0. The Morgan fingerprint density at radius 3 is 2.68 bits per heavy atom. The van der Waals surface area contributed by atoms with Crippen molar-refractivity contribution in [3.05, 3.63) is 50.7 Å². The Morgan fingerprint density at radius 2 is 2.05 bits per heavy atom. The molecule has 19 heavy (non-hydrogen) atoms. The monoisotopic (exact) mass is 256 g/mol. The Morgan fingerprint density at radius 1 is 1.37 bits per heavy atom. The number of terminal acetylenes is 1. The number of benzene rings is 1. The number of aryl methyl sites for hydroxylation is 1. The highest BCUT2D eigenvalue weighted by molar-refractivity contribution is 5.70. The van der Waals surface area contributed by atoms with Crippen LogP contribution in [0.15, 0.2) is 33.9 Å². The zero-order valence-corrected chi connectivity index (χ0v) is 10.3. The highest BCUT2D eigenvalue weighted by atomic mass is 16.3. The number of H-pyrrole nitrogens is 1. The summed E-state index contributed by atoms with van der Waals surface area (Å²) in [7, 11) is 0. The van der Waals surface area contributed by atoms with Crippen LogP contribution in [0.4, 0.5) is 0 Å². The first-order valence-corrected chi connectivity index (χ1v) is 5.61. The minimum Gasteiger partial charge on any atom is -0.494 e. The predicted octanol–water partition coefficient (Wildman–Crippen LogP) is 0.851. The molecule has 0 aliphatic rings. The normalized spacial score (nSPS) is 10.1. The van der Waals surface area contributed by atoms with Crippen LogP contribution in [0.3, 0.4) is 0 Å². The van der Waals surface area contributed by atoms with Crippen LogP contribution in [-0.2, 0) is 6.54 Å². The molecule has 2 rings (SSSR count). The molecule has 0 unspecified atom stereocenters. The first-order chi connectivity index (χ1) is 9.06. The van der Waals surface area contributed by atoms with Crippen molar-refractivity contribution in [2.75, 3.05) is 0 Å². The second kappa shape index (κ2) is 4.86. The Kier molecular flexibility index (Phi) is 3.25. The van der Waals surface area contributed by atoms with E-state index in [2.05, 4.69) is 10.9 Å². The molecule has 2 N–H and O–H groups in total. The van der Waals surface area contributed by atoms with E-state index < -0.39 is 17.1 Å². The molecule has 0 aliphatic carbocycles. The van der Waals surface area contributed by atoms with E-state index in [0.717, 1.165) is 10.1 Å². The van der Waals surface area contributed by atoms with E-state index in [-0.39, 0.29) is 12.1 Å². The minimum atomic E-state index is -0.724. The van der Waals surface area contributed by atoms with Crippen molar-refractivity contribution in [2.24, 2.45) is 0 Å². The predicted molar refractivity (Wildman–Crippen MR) is 72.0 cm³/mol. The van der Waals surface area contributed by atoms with Gasteiger partial charge in [0.1, 0.15) is 5.56 Å². The molecule has 1 aromatic heterocycles. The lowest BCUT2D eigenvalue weighted by Gasteiger charge is -2.10. The molecule has 96 valence electrons. The van der Waals surface area contributed by atoms with E-state index in [1.54, 1.807) is 12.1 Å². The van der Waals surface area contributed by atoms with Gasteiger partial charge in [-0.05, 0) is 18.1 Å². The zero-order chi connectivity index (χ0) is 14.0. The first-order valence-electron chi connectivity index (χ1n) is 5.61. The second-order valence-electron chi connectivity index (χ2n) is 4.06. The van der Waals surface area contributed by atoms with Gasteiger partial charge in [0.05, 0.1) is 6.54 Å². The lowest BCUT2D eigenvalue weighted by molar-refractivity contribution is 0.415. The van der Waals surface area contributed by atoms with Gasteiger partial charge in [-0.15, -0.1) is 6.42 Å². The Balaban J connectivity index is 2.83. The molecule has 5 heteroatoms. The second-order valence-corrected chi connectivity index (χ2v) is 4.06. The van der Waals surface area contributed by atoms with Gasteiger partial charge in [0.25, 0.3) is 5.56 Å². The van der Waals surface area contributed by atoms with E-state index in [1.807, 2.05) is 19.1 Å². The molecule has 0 aliphatic heterocycles. The fourth-order valence-corrected chi connectivity index (χ4v) is 1.89. The maximum absolute atomic E-state index is 11.9. The van der Waals surface area contributed by atoms with Gasteiger partial charge in [-0.3, -0.25) is 14.3 Å². The van der Waals surface area contributed by atoms with Gasteiger partial charge in [-0.2, -0.15) is 0 Å². The summed E-state index contributed by atoms with van der Waals surface area (Å²) in [6.45, 7) is 1.70. The quantitative estimate of drug-likeness (QED) is 0.782. The molecule has 0 saturated carbocycles. The average Bonchev–Trinajstić information content (AvgIpc) is 2.36. The maximum atomic E-state index is 11.9. The Bertz CT molecular complexity index is 778. The summed E-state index contributed by atoms with van der Waals surface area (Å²) in [4.78, 5) is 25.6. The molecule has 5 nitrogen and oxygen atoms in total. The first kappa shape index (κ1) is 12.7. The molecule has 0 saturated heterocycles. The fourth-order valence-electron chi connectivity index (χ4n) is 1.89. The van der Waals surface area contributed by atoms with Crippen molar-refractivity contribution in [2.45, 2.75) is 13.5 Å². The number of aromatic nitrogens is 2. The summed E-state index contributed by atoms with van der Waals surface area (Å²) in [5, 5.41) is 10.1. The molecule has 0 atom stereocenters. The van der Waals surface area contributed by atoms with Gasteiger partial charge in [0.2, 0.25) is 5.88 Å². The number of nitrogens with one attached hydrogen (secondary N) is 1. The Hall–Kier alpha value is -2.74. The average molecular weight is 256 g/mol. The van der Waals surface area contributed by atoms with E-state index >= 15 is 0 Å². The molecule has 0 spiro atoms. The van der Waals surface area contributed by atoms with Crippen molar-refractivity contribution in [1.82, 2.24) is 9.55 Å². The highest BCUT2D eigenvalue weighted by Gasteiger charge is 2.16. The standard InChI is InChI=1S/C14H12N2O3/c1-3-8-16-13(18)11(12(17)15-14(16)19)10-7-5-4-6-9(10)2/h1,4-7,18H,8H2,2H3,(H,15,17,19). The summed E-state index contributed by atoms with van der Waals surface area (Å²) in [5.41, 5.74) is 0.0667.